The summed E-state index contributed by atoms with van der Waals surface area (Å²) in [6.07, 6.45) is 16.5. The van der Waals surface area contributed by atoms with E-state index in [0.29, 0.717) is 59.4 Å². The van der Waals surface area contributed by atoms with E-state index in [0.717, 1.165) is 11.1 Å². The molecule has 67 heavy (non-hydrogen) atoms. The Morgan fingerprint density at radius 2 is 1.15 bits per heavy atom. The van der Waals surface area contributed by atoms with Crippen LogP contribution in [0.25, 0.3) is 22.3 Å². The molecule has 348 valence electrons. The van der Waals surface area contributed by atoms with E-state index >= 15 is 0 Å². The van der Waals surface area contributed by atoms with Crippen LogP contribution in [0.1, 0.15) is 94.6 Å². The van der Waals surface area contributed by atoms with Crippen LogP contribution in [0.3, 0.4) is 0 Å². The minimum absolute atomic E-state index is 0.00928. The first-order valence-corrected chi connectivity index (χ1v) is 22.6. The normalized spacial score (nSPS) is 12.5. The van der Waals surface area contributed by atoms with E-state index in [2.05, 4.69) is 57.0 Å². The van der Waals surface area contributed by atoms with E-state index in [1.54, 1.807) is 74.8 Å². The standard InChI is InChI=1S/C27H34N7O6P.C18H16N6O2/c1-4-8-19(15-20-16-30-24-22(31-20)23(28)33-27(29)34-24)17-10-12-18(13-11-17)25(35)32-21(26(36)37)9-7-14-41(38,39-5-2)40-6-3;1-2-3-12(10-4-6-11(7-5-10)17(25)26)8-13-9-21-16-14(22-13)15(19)23-18(20)24-16/h1,10-13,16,19,21H,5-9,14-15H2,2-3H3,(H,32,35)(H,36,37)(H4,28,29,30,33,34);1,4-7,9,12H,3,8H2,(H,25,26)(H4,19,20,21,23,24)/t19?,21-;/m0./s1. The quantitative estimate of drug-likeness (QED) is 0.0399. The van der Waals surface area contributed by atoms with E-state index < -0.39 is 31.5 Å². The molecule has 4 aromatic heterocycles. The topological polar surface area (TPSA) is 346 Å². The average Bonchev–Trinajstić information content (AvgIpc) is 3.29. The third kappa shape index (κ3) is 13.8. The van der Waals surface area contributed by atoms with Gasteiger partial charge in [0.05, 0.1) is 48.7 Å². The molecule has 11 N–H and O–H groups in total. The number of terminal acetylenes is 2. The number of anilines is 4. The number of carboxylic acid groups (broad SMARTS) is 2. The van der Waals surface area contributed by atoms with Gasteiger partial charge < -0.3 is 47.5 Å². The van der Waals surface area contributed by atoms with Gasteiger partial charge in [-0.3, -0.25) is 9.36 Å². The van der Waals surface area contributed by atoms with Crippen molar-refractivity contribution in [3.8, 4) is 24.7 Å². The van der Waals surface area contributed by atoms with Gasteiger partial charge in [-0.1, -0.05) is 24.3 Å². The molecule has 2 aromatic carbocycles. The maximum absolute atomic E-state index is 12.8. The molecule has 0 saturated carbocycles. The van der Waals surface area contributed by atoms with Crippen LogP contribution < -0.4 is 28.3 Å². The van der Waals surface area contributed by atoms with Gasteiger partial charge in [-0.05, 0) is 74.9 Å². The fourth-order valence-corrected chi connectivity index (χ4v) is 8.61. The largest absolute Gasteiger partial charge is 0.480 e. The highest BCUT2D eigenvalue weighted by Crippen LogP contribution is 2.48. The van der Waals surface area contributed by atoms with Gasteiger partial charge in [0.1, 0.15) is 6.04 Å². The smallest absolute Gasteiger partial charge is 0.335 e. The number of hydrogen-bond acceptors (Lipinski definition) is 18. The molecule has 0 saturated heterocycles. The summed E-state index contributed by atoms with van der Waals surface area (Å²) in [5, 5.41) is 21.2. The SMILES string of the molecule is C#CCC(Cc1cnc2nc(N)nc(N)c2n1)c1ccc(C(=O)N[C@@H](CCCP(=O)(OCC)OCC)C(=O)O)cc1.C#CCC(Cc1cnc2nc(N)nc(N)c2n1)c1ccc(C(=O)O)cc1. The summed E-state index contributed by atoms with van der Waals surface area (Å²) in [6, 6.07) is 12.2. The van der Waals surface area contributed by atoms with E-state index in [-0.39, 0.29) is 78.7 Å². The van der Waals surface area contributed by atoms with Crippen LogP contribution in [-0.2, 0) is 31.2 Å². The molecule has 0 aliphatic rings. The molecule has 0 aliphatic heterocycles. The monoisotopic (exact) mass is 931 g/mol. The number of benzene rings is 2. The molecule has 22 heteroatoms. The summed E-state index contributed by atoms with van der Waals surface area (Å²) < 4.78 is 23.1. The zero-order valence-corrected chi connectivity index (χ0v) is 37.6. The van der Waals surface area contributed by atoms with Crippen LogP contribution in [0.2, 0.25) is 0 Å². The average molecular weight is 932 g/mol. The fraction of sp³-hybridized carbons (Fsp3) is 0.311. The molecule has 0 bridgehead atoms. The number of aromatic carboxylic acids is 1. The second-order valence-electron chi connectivity index (χ2n) is 14.8. The minimum Gasteiger partial charge on any atom is -0.480 e. The van der Waals surface area contributed by atoms with Gasteiger partial charge in [0.15, 0.2) is 34.0 Å². The highest BCUT2D eigenvalue weighted by atomic mass is 31.2. The van der Waals surface area contributed by atoms with Crippen LogP contribution in [0, 0.1) is 24.7 Å². The van der Waals surface area contributed by atoms with Crippen molar-refractivity contribution in [2.75, 3.05) is 42.3 Å². The van der Waals surface area contributed by atoms with Gasteiger partial charge in [-0.25, -0.2) is 29.5 Å². The summed E-state index contributed by atoms with van der Waals surface area (Å²) in [5.74, 6) is 2.77. The number of fused-ring (bicyclic) bond motifs is 2. The zero-order valence-electron chi connectivity index (χ0n) is 36.7. The molecule has 0 spiro atoms. The number of carboxylic acids is 2. The van der Waals surface area contributed by atoms with Gasteiger partial charge in [0, 0.05) is 30.2 Å². The van der Waals surface area contributed by atoms with Gasteiger partial charge in [0.25, 0.3) is 5.91 Å². The Balaban J connectivity index is 0.000000277. The Morgan fingerprint density at radius 1 is 0.701 bits per heavy atom. The summed E-state index contributed by atoms with van der Waals surface area (Å²) in [4.78, 5) is 69.0. The lowest BCUT2D eigenvalue weighted by molar-refractivity contribution is -0.139. The summed E-state index contributed by atoms with van der Waals surface area (Å²) in [6.45, 7) is 3.82. The number of hydrogen-bond donors (Lipinski definition) is 7. The third-order valence-electron chi connectivity index (χ3n) is 10.1. The van der Waals surface area contributed by atoms with Crippen molar-refractivity contribution in [1.29, 1.82) is 0 Å². The lowest BCUT2D eigenvalue weighted by Crippen LogP contribution is -2.40. The number of nitrogens with zero attached hydrogens (tertiary/aromatic N) is 8. The Labute approximate surface area is 385 Å². The lowest BCUT2D eigenvalue weighted by Gasteiger charge is -2.19. The Hall–Kier alpha value is -7.84. The second kappa shape index (κ2) is 23.4. The Kier molecular flexibility index (Phi) is 17.5. The van der Waals surface area contributed by atoms with E-state index in [1.807, 2.05) is 0 Å². The lowest BCUT2D eigenvalue weighted by atomic mass is 9.91. The Morgan fingerprint density at radius 3 is 1.55 bits per heavy atom. The predicted molar refractivity (Wildman–Crippen MR) is 251 cm³/mol. The van der Waals surface area contributed by atoms with Gasteiger partial charge in [0.2, 0.25) is 11.9 Å². The Bertz CT molecular complexity index is 2850. The number of nitrogen functional groups attached to an aromatic ring is 4. The summed E-state index contributed by atoms with van der Waals surface area (Å²) >= 11 is 0. The number of carbonyl (C=O) groups is 3. The predicted octanol–water partition coefficient (Wildman–Crippen LogP) is 4.80. The molecule has 2 unspecified atom stereocenters. The molecular formula is C45H50N13O8P. The maximum Gasteiger partial charge on any atom is 0.335 e. The van der Waals surface area contributed by atoms with Crippen molar-refractivity contribution in [3.63, 3.8) is 0 Å². The zero-order chi connectivity index (χ0) is 48.7. The first kappa shape index (κ1) is 50.2. The molecule has 1 amide bonds. The molecule has 3 atom stereocenters. The number of carbonyl (C=O) groups excluding carboxylic acids is 1. The third-order valence-corrected chi connectivity index (χ3v) is 12.3. The van der Waals surface area contributed by atoms with Crippen LogP contribution in [0.4, 0.5) is 23.5 Å². The molecule has 0 aliphatic carbocycles. The number of amides is 1. The first-order chi connectivity index (χ1) is 32.1. The van der Waals surface area contributed by atoms with Crippen LogP contribution >= 0.6 is 7.60 Å². The van der Waals surface area contributed by atoms with Gasteiger partial charge in [-0.15, -0.1) is 24.7 Å². The minimum atomic E-state index is -3.31. The van der Waals surface area contributed by atoms with Crippen LogP contribution in [0.15, 0.2) is 60.9 Å². The molecule has 21 nitrogen and oxygen atoms in total. The number of nitrogens with two attached hydrogens (primary N) is 4. The van der Waals surface area contributed by atoms with E-state index in [9.17, 15) is 24.1 Å². The number of rotatable bonds is 20. The van der Waals surface area contributed by atoms with E-state index in [4.69, 9.17) is 49.9 Å². The first-order valence-electron chi connectivity index (χ1n) is 20.9. The highest BCUT2D eigenvalue weighted by molar-refractivity contribution is 7.53. The second-order valence-corrected chi connectivity index (χ2v) is 17.0. The molecule has 4 heterocycles. The highest BCUT2D eigenvalue weighted by Gasteiger charge is 2.27. The van der Waals surface area contributed by atoms with Gasteiger partial charge >= 0.3 is 19.5 Å². The fourth-order valence-electron chi connectivity index (χ4n) is 6.92. The van der Waals surface area contributed by atoms with Crippen molar-refractivity contribution in [2.45, 2.75) is 70.3 Å². The van der Waals surface area contributed by atoms with Crippen molar-refractivity contribution < 1.29 is 38.2 Å². The van der Waals surface area contributed by atoms with Crippen molar-refractivity contribution in [2.24, 2.45) is 0 Å². The summed E-state index contributed by atoms with van der Waals surface area (Å²) in [7, 11) is -3.31. The number of nitrogens with one attached hydrogen (secondary N) is 1. The van der Waals surface area contributed by atoms with Crippen molar-refractivity contribution >= 4 is 71.3 Å². The molecule has 0 fully saturated rings. The van der Waals surface area contributed by atoms with Crippen molar-refractivity contribution in [1.82, 2.24) is 45.2 Å². The molecule has 0 radical (unpaired) electrons. The maximum atomic E-state index is 12.8. The molecule has 6 aromatic rings. The molecular weight excluding hydrogens is 882 g/mol. The van der Waals surface area contributed by atoms with E-state index in [1.165, 1.54) is 0 Å². The number of aromatic nitrogens is 8. The van der Waals surface area contributed by atoms with Crippen LogP contribution in [0.5, 0.6) is 0 Å². The van der Waals surface area contributed by atoms with Crippen LogP contribution in [-0.4, -0.2) is 93.3 Å². The number of aliphatic carboxylic acids is 1. The molecule has 6 rings (SSSR count). The van der Waals surface area contributed by atoms with Crippen molar-refractivity contribution in [3.05, 3.63) is 94.6 Å². The summed E-state index contributed by atoms with van der Waals surface area (Å²) in [5.41, 5.74) is 27.9. The van der Waals surface area contributed by atoms with Gasteiger partial charge in [-0.2, -0.15) is 19.9 Å².